The average Bonchev–Trinajstić information content (AvgIpc) is 3.10. The van der Waals surface area contributed by atoms with Crippen LogP contribution in [0, 0.1) is 12.8 Å². The third kappa shape index (κ3) is 3.11. The van der Waals surface area contributed by atoms with E-state index < -0.39 is 0 Å². The van der Waals surface area contributed by atoms with Crippen LogP contribution in [-0.4, -0.2) is 18.5 Å². The number of hydrogen-bond donors (Lipinski definition) is 1. The van der Waals surface area contributed by atoms with Gasteiger partial charge in [-0.1, -0.05) is 6.92 Å². The van der Waals surface area contributed by atoms with E-state index in [4.69, 9.17) is 9.15 Å². The van der Waals surface area contributed by atoms with E-state index in [0.29, 0.717) is 34.4 Å². The molecule has 0 radical (unpaired) electrons. The van der Waals surface area contributed by atoms with Crippen molar-refractivity contribution in [3.8, 4) is 0 Å². The van der Waals surface area contributed by atoms with Crippen molar-refractivity contribution in [3.05, 3.63) is 39.7 Å². The molecule has 5 nitrogen and oxygen atoms in total. The van der Waals surface area contributed by atoms with Crippen molar-refractivity contribution >= 4 is 28.2 Å². The number of aryl methyl sites for hydroxylation is 1. The fraction of sp³-hybridized carbons (Fsp3) is 0.444. The first-order valence-electron chi connectivity index (χ1n) is 8.18. The Morgan fingerprint density at radius 2 is 2.25 bits per heavy atom. The van der Waals surface area contributed by atoms with Crippen molar-refractivity contribution < 1.29 is 18.7 Å². The van der Waals surface area contributed by atoms with Gasteiger partial charge in [0.1, 0.15) is 10.8 Å². The van der Waals surface area contributed by atoms with Crippen LogP contribution in [0.5, 0.6) is 0 Å². The first-order valence-corrected chi connectivity index (χ1v) is 9.00. The molecule has 0 saturated heterocycles. The molecular formula is C18H21NO4S. The highest BCUT2D eigenvalue weighted by atomic mass is 32.1. The summed E-state index contributed by atoms with van der Waals surface area (Å²) in [5, 5.41) is 3.47. The molecular weight excluding hydrogens is 326 g/mol. The lowest BCUT2D eigenvalue weighted by atomic mass is 9.88. The maximum Gasteiger partial charge on any atom is 0.341 e. The molecule has 0 spiro atoms. The van der Waals surface area contributed by atoms with Gasteiger partial charge in [0.25, 0.3) is 5.91 Å². The zero-order valence-electron chi connectivity index (χ0n) is 14.1. The SMILES string of the molecule is CCOC(=O)c1c(NC(=O)c2ccoc2C)sc2c1CCC(C)C2. The van der Waals surface area contributed by atoms with Crippen LogP contribution in [0.4, 0.5) is 5.00 Å². The van der Waals surface area contributed by atoms with E-state index in [0.717, 1.165) is 24.8 Å². The largest absolute Gasteiger partial charge is 0.469 e. The van der Waals surface area contributed by atoms with Gasteiger partial charge >= 0.3 is 5.97 Å². The van der Waals surface area contributed by atoms with Gasteiger partial charge in [-0.2, -0.15) is 0 Å². The standard InChI is InChI=1S/C18H21NO4S/c1-4-22-18(21)15-13-6-5-10(2)9-14(13)24-17(15)19-16(20)12-7-8-23-11(12)3/h7-8,10H,4-6,9H2,1-3H3,(H,19,20). The van der Waals surface area contributed by atoms with E-state index in [9.17, 15) is 9.59 Å². The van der Waals surface area contributed by atoms with Crippen molar-refractivity contribution in [1.82, 2.24) is 0 Å². The quantitative estimate of drug-likeness (QED) is 0.842. The summed E-state index contributed by atoms with van der Waals surface area (Å²) in [5.74, 6) is 0.521. The number of thiophene rings is 1. The number of ether oxygens (including phenoxy) is 1. The van der Waals surface area contributed by atoms with Crippen LogP contribution in [-0.2, 0) is 17.6 Å². The van der Waals surface area contributed by atoms with Gasteiger partial charge in [0.15, 0.2) is 0 Å². The fourth-order valence-electron chi connectivity index (χ4n) is 3.05. The lowest BCUT2D eigenvalue weighted by molar-refractivity contribution is 0.0526. The number of furan rings is 1. The maximum absolute atomic E-state index is 12.5. The van der Waals surface area contributed by atoms with Crippen LogP contribution in [0.15, 0.2) is 16.7 Å². The third-order valence-corrected chi connectivity index (χ3v) is 5.49. The normalized spacial score (nSPS) is 16.5. The van der Waals surface area contributed by atoms with Crippen LogP contribution in [0.2, 0.25) is 0 Å². The fourth-order valence-corrected chi connectivity index (χ4v) is 4.44. The highest BCUT2D eigenvalue weighted by Crippen LogP contribution is 2.40. The van der Waals surface area contributed by atoms with Crippen molar-refractivity contribution in [2.45, 2.75) is 40.0 Å². The maximum atomic E-state index is 12.5. The van der Waals surface area contributed by atoms with E-state index >= 15 is 0 Å². The molecule has 2 aromatic heterocycles. The van der Waals surface area contributed by atoms with Gasteiger partial charge in [-0.3, -0.25) is 4.79 Å². The second-order valence-electron chi connectivity index (χ2n) is 6.12. The molecule has 1 aliphatic rings. The Morgan fingerprint density at radius 1 is 1.46 bits per heavy atom. The molecule has 24 heavy (non-hydrogen) atoms. The Balaban J connectivity index is 1.96. The summed E-state index contributed by atoms with van der Waals surface area (Å²) in [6.07, 6.45) is 4.32. The summed E-state index contributed by atoms with van der Waals surface area (Å²) in [5.41, 5.74) is 2.04. The lowest BCUT2D eigenvalue weighted by Gasteiger charge is -2.18. The Hall–Kier alpha value is -2.08. The topological polar surface area (TPSA) is 68.5 Å². The van der Waals surface area contributed by atoms with Crippen molar-refractivity contribution in [2.24, 2.45) is 5.92 Å². The van der Waals surface area contributed by atoms with E-state index in [1.54, 1.807) is 19.9 Å². The van der Waals surface area contributed by atoms with Gasteiger partial charge in [-0.05, 0) is 50.7 Å². The Morgan fingerprint density at radius 3 is 2.92 bits per heavy atom. The number of hydrogen-bond acceptors (Lipinski definition) is 5. The molecule has 1 amide bonds. The number of carbonyl (C=O) groups excluding carboxylic acids is 2. The molecule has 0 fully saturated rings. The molecule has 3 rings (SSSR count). The minimum atomic E-state index is -0.358. The van der Waals surface area contributed by atoms with Gasteiger partial charge in [0.05, 0.1) is 24.0 Å². The molecule has 0 bridgehead atoms. The zero-order chi connectivity index (χ0) is 17.3. The molecule has 1 unspecified atom stereocenters. The minimum absolute atomic E-state index is 0.265. The summed E-state index contributed by atoms with van der Waals surface area (Å²) >= 11 is 1.49. The van der Waals surface area contributed by atoms with Crippen LogP contribution >= 0.6 is 11.3 Å². The van der Waals surface area contributed by atoms with Gasteiger partial charge in [-0.25, -0.2) is 4.79 Å². The number of amides is 1. The van der Waals surface area contributed by atoms with E-state index in [1.807, 2.05) is 0 Å². The van der Waals surface area contributed by atoms with Crippen molar-refractivity contribution in [3.63, 3.8) is 0 Å². The second-order valence-corrected chi connectivity index (χ2v) is 7.23. The number of carbonyl (C=O) groups is 2. The number of fused-ring (bicyclic) bond motifs is 1. The second kappa shape index (κ2) is 6.81. The highest BCUT2D eigenvalue weighted by Gasteiger charge is 2.29. The summed E-state index contributed by atoms with van der Waals surface area (Å²) in [6.45, 7) is 6.04. The molecule has 0 aromatic carbocycles. The smallest absolute Gasteiger partial charge is 0.341 e. The van der Waals surface area contributed by atoms with Crippen LogP contribution in [0.1, 0.15) is 57.2 Å². The molecule has 1 atom stereocenters. The minimum Gasteiger partial charge on any atom is -0.469 e. The Kier molecular flexibility index (Phi) is 4.76. The van der Waals surface area contributed by atoms with Gasteiger partial charge in [-0.15, -0.1) is 11.3 Å². The van der Waals surface area contributed by atoms with Crippen LogP contribution in [0.3, 0.4) is 0 Å². The van der Waals surface area contributed by atoms with E-state index in [2.05, 4.69) is 12.2 Å². The summed E-state index contributed by atoms with van der Waals surface area (Å²) in [7, 11) is 0. The van der Waals surface area contributed by atoms with Gasteiger partial charge in [0.2, 0.25) is 0 Å². The van der Waals surface area contributed by atoms with Gasteiger partial charge < -0.3 is 14.5 Å². The molecule has 6 heteroatoms. The molecule has 1 aliphatic carbocycles. The number of rotatable bonds is 4. The average molecular weight is 347 g/mol. The van der Waals surface area contributed by atoms with Gasteiger partial charge in [0, 0.05) is 4.88 Å². The summed E-state index contributed by atoms with van der Waals surface area (Å²) < 4.78 is 10.4. The molecule has 0 aliphatic heterocycles. The number of nitrogens with one attached hydrogen (secondary N) is 1. The Bertz CT molecular complexity index is 774. The van der Waals surface area contributed by atoms with E-state index in [1.165, 1.54) is 22.5 Å². The van der Waals surface area contributed by atoms with Crippen LogP contribution < -0.4 is 5.32 Å². The number of esters is 1. The molecule has 2 heterocycles. The molecule has 0 saturated carbocycles. The predicted molar refractivity (Wildman–Crippen MR) is 92.9 cm³/mol. The summed E-state index contributed by atoms with van der Waals surface area (Å²) in [6, 6.07) is 1.63. The first-order chi connectivity index (χ1) is 11.5. The molecule has 128 valence electrons. The summed E-state index contributed by atoms with van der Waals surface area (Å²) in [4.78, 5) is 26.1. The number of anilines is 1. The van der Waals surface area contributed by atoms with Crippen LogP contribution in [0.25, 0.3) is 0 Å². The van der Waals surface area contributed by atoms with E-state index in [-0.39, 0.29) is 11.9 Å². The van der Waals surface area contributed by atoms with Crippen molar-refractivity contribution in [1.29, 1.82) is 0 Å². The Labute approximate surface area is 145 Å². The highest BCUT2D eigenvalue weighted by molar-refractivity contribution is 7.17. The lowest BCUT2D eigenvalue weighted by Crippen LogP contribution is -2.16. The zero-order valence-corrected chi connectivity index (χ0v) is 14.9. The predicted octanol–water partition coefficient (Wildman–Crippen LogP) is 4.20. The monoisotopic (exact) mass is 347 g/mol. The van der Waals surface area contributed by atoms with Crippen molar-refractivity contribution in [2.75, 3.05) is 11.9 Å². The molecule has 2 aromatic rings. The first kappa shape index (κ1) is 16.8. The molecule has 1 N–H and O–H groups in total. The third-order valence-electron chi connectivity index (χ3n) is 4.32.